The molecule has 143 valence electrons. The van der Waals surface area contributed by atoms with E-state index in [9.17, 15) is 0 Å². The lowest BCUT2D eigenvalue weighted by Crippen LogP contribution is -1.86. The second kappa shape index (κ2) is 18.0. The van der Waals surface area contributed by atoms with Crippen LogP contribution in [0.5, 0.6) is 0 Å². The molecule has 0 aliphatic heterocycles. The zero-order valence-corrected chi connectivity index (χ0v) is 17.0. The van der Waals surface area contributed by atoms with Crippen molar-refractivity contribution in [2.45, 2.75) is 122 Å². The third kappa shape index (κ3) is 15.2. The van der Waals surface area contributed by atoms with E-state index in [1.165, 1.54) is 121 Å². The first-order chi connectivity index (χ1) is 12.4. The van der Waals surface area contributed by atoms with Gasteiger partial charge in [0.25, 0.3) is 0 Å². The van der Waals surface area contributed by atoms with Crippen LogP contribution in [0.15, 0.2) is 24.3 Å². The van der Waals surface area contributed by atoms with Crippen molar-refractivity contribution in [3.63, 3.8) is 0 Å². The maximum atomic E-state index is 3.09. The van der Waals surface area contributed by atoms with E-state index in [-0.39, 0.29) is 0 Å². The zero-order valence-electron chi connectivity index (χ0n) is 17.0. The van der Waals surface area contributed by atoms with E-state index in [0.29, 0.717) is 0 Å². The summed E-state index contributed by atoms with van der Waals surface area (Å²) in [6.07, 6.45) is 25.8. The van der Waals surface area contributed by atoms with Crippen LogP contribution in [-0.4, -0.2) is 0 Å². The molecule has 0 unspecified atom stereocenters. The standard InChI is InChI=1S/C25H43/c1-2-3-4-5-6-7-8-9-10-11-12-13-14-15-16-17-19-22-25-23-20-18-21-24-25/h20-21,23-24H,2-17,19,22H2,1H3. The third-order valence-corrected chi connectivity index (χ3v) is 5.36. The fourth-order valence-electron chi connectivity index (χ4n) is 3.64. The lowest BCUT2D eigenvalue weighted by molar-refractivity contribution is 0.527. The Balaban J connectivity index is 1.69. The molecule has 0 fully saturated rings. The predicted octanol–water partition coefficient (Wildman–Crippen LogP) is 8.68. The van der Waals surface area contributed by atoms with Gasteiger partial charge in [0, 0.05) is 0 Å². The Kier molecular flexibility index (Phi) is 16.0. The van der Waals surface area contributed by atoms with Crippen LogP contribution in [0.3, 0.4) is 0 Å². The molecule has 0 spiro atoms. The van der Waals surface area contributed by atoms with E-state index < -0.39 is 0 Å². The molecule has 0 aliphatic carbocycles. The number of rotatable bonds is 18. The van der Waals surface area contributed by atoms with Crippen molar-refractivity contribution < 1.29 is 0 Å². The van der Waals surface area contributed by atoms with Crippen LogP contribution in [0.1, 0.15) is 122 Å². The summed E-state index contributed by atoms with van der Waals surface area (Å²) in [5.41, 5.74) is 1.47. The predicted molar refractivity (Wildman–Crippen MR) is 113 cm³/mol. The molecule has 0 heteroatoms. The van der Waals surface area contributed by atoms with Gasteiger partial charge in [-0.3, -0.25) is 0 Å². The normalized spacial score (nSPS) is 11.1. The topological polar surface area (TPSA) is 0 Å². The summed E-state index contributed by atoms with van der Waals surface area (Å²) >= 11 is 0. The molecule has 0 saturated carbocycles. The first-order valence-electron chi connectivity index (χ1n) is 11.4. The first kappa shape index (κ1) is 22.3. The molecule has 0 heterocycles. The van der Waals surface area contributed by atoms with Gasteiger partial charge in [-0.1, -0.05) is 134 Å². The molecule has 25 heavy (non-hydrogen) atoms. The smallest absolute Gasteiger partial charge is 0.0184 e. The number of hydrogen-bond acceptors (Lipinski definition) is 0. The van der Waals surface area contributed by atoms with Crippen molar-refractivity contribution in [1.82, 2.24) is 0 Å². The molecule has 1 aromatic carbocycles. The molecular formula is C25H43. The van der Waals surface area contributed by atoms with E-state index in [0.717, 1.165) is 0 Å². The van der Waals surface area contributed by atoms with Crippen LogP contribution >= 0.6 is 0 Å². The molecule has 1 radical (unpaired) electrons. The van der Waals surface area contributed by atoms with Gasteiger partial charge >= 0.3 is 0 Å². The molecular weight excluding hydrogens is 300 g/mol. The van der Waals surface area contributed by atoms with Crippen molar-refractivity contribution in [2.24, 2.45) is 0 Å². The monoisotopic (exact) mass is 343 g/mol. The largest absolute Gasteiger partial charge is 0.0654 e. The molecule has 0 N–H and O–H groups in total. The maximum Gasteiger partial charge on any atom is -0.0184 e. The van der Waals surface area contributed by atoms with Crippen LogP contribution in [0.25, 0.3) is 0 Å². The van der Waals surface area contributed by atoms with Crippen molar-refractivity contribution in [3.8, 4) is 0 Å². The maximum absolute atomic E-state index is 3.09. The Labute approximate surface area is 158 Å². The fourth-order valence-corrected chi connectivity index (χ4v) is 3.64. The van der Waals surface area contributed by atoms with Gasteiger partial charge in [-0.2, -0.15) is 0 Å². The molecule has 0 amide bonds. The molecule has 0 atom stereocenters. The Hall–Kier alpha value is -0.780. The van der Waals surface area contributed by atoms with Crippen molar-refractivity contribution in [3.05, 3.63) is 35.9 Å². The number of hydrogen-bond donors (Lipinski definition) is 0. The molecule has 0 aliphatic rings. The first-order valence-corrected chi connectivity index (χ1v) is 11.4. The van der Waals surface area contributed by atoms with Crippen molar-refractivity contribution in [1.29, 1.82) is 0 Å². The Morgan fingerprint density at radius 1 is 0.520 bits per heavy atom. The van der Waals surface area contributed by atoms with Gasteiger partial charge in [0.05, 0.1) is 0 Å². The molecule has 0 bridgehead atoms. The van der Waals surface area contributed by atoms with Crippen molar-refractivity contribution in [2.75, 3.05) is 0 Å². The second-order valence-corrected chi connectivity index (χ2v) is 7.82. The average molecular weight is 344 g/mol. The summed E-state index contributed by atoms with van der Waals surface area (Å²) in [7, 11) is 0. The van der Waals surface area contributed by atoms with Crippen LogP contribution in [0, 0.1) is 6.07 Å². The van der Waals surface area contributed by atoms with E-state index >= 15 is 0 Å². The van der Waals surface area contributed by atoms with Gasteiger partial charge in [-0.05, 0) is 24.5 Å². The van der Waals surface area contributed by atoms with Gasteiger partial charge in [-0.25, -0.2) is 0 Å². The fraction of sp³-hybridized carbons (Fsp3) is 0.760. The Bertz CT molecular complexity index is 354. The summed E-state index contributed by atoms with van der Waals surface area (Å²) < 4.78 is 0. The Morgan fingerprint density at radius 3 is 1.28 bits per heavy atom. The molecule has 0 nitrogen and oxygen atoms in total. The van der Waals surface area contributed by atoms with Crippen LogP contribution < -0.4 is 0 Å². The highest BCUT2D eigenvalue weighted by Gasteiger charge is 1.95. The number of benzene rings is 1. The molecule has 1 rings (SSSR count). The highest BCUT2D eigenvalue weighted by atomic mass is 14.0. The van der Waals surface area contributed by atoms with E-state index in [2.05, 4.69) is 25.1 Å². The zero-order chi connectivity index (χ0) is 17.8. The number of unbranched alkanes of at least 4 members (excludes halogenated alkanes) is 16. The summed E-state index contributed by atoms with van der Waals surface area (Å²) in [6, 6.07) is 11.6. The van der Waals surface area contributed by atoms with Gasteiger partial charge in [0.1, 0.15) is 0 Å². The summed E-state index contributed by atoms with van der Waals surface area (Å²) in [5.74, 6) is 0. The number of aryl methyl sites for hydroxylation is 1. The van der Waals surface area contributed by atoms with Gasteiger partial charge in [-0.15, -0.1) is 0 Å². The summed E-state index contributed by atoms with van der Waals surface area (Å²) in [4.78, 5) is 0. The molecule has 1 aromatic rings. The van der Waals surface area contributed by atoms with Crippen LogP contribution in [0.4, 0.5) is 0 Å². The SMILES string of the molecule is CCCCCCCCCCCCCCCCCCCc1cc[c]cc1. The Morgan fingerprint density at radius 2 is 0.880 bits per heavy atom. The van der Waals surface area contributed by atoms with Gasteiger partial charge in [0.15, 0.2) is 0 Å². The summed E-state index contributed by atoms with van der Waals surface area (Å²) in [6.45, 7) is 2.30. The minimum atomic E-state index is 1.24. The van der Waals surface area contributed by atoms with Crippen LogP contribution in [-0.2, 0) is 6.42 Å². The minimum Gasteiger partial charge on any atom is -0.0654 e. The van der Waals surface area contributed by atoms with E-state index in [1.807, 2.05) is 12.1 Å². The molecule has 0 saturated heterocycles. The van der Waals surface area contributed by atoms with E-state index in [4.69, 9.17) is 0 Å². The molecule has 0 aromatic heterocycles. The second-order valence-electron chi connectivity index (χ2n) is 7.82. The lowest BCUT2D eigenvalue weighted by atomic mass is 10.0. The summed E-state index contributed by atoms with van der Waals surface area (Å²) in [5, 5.41) is 0. The highest BCUT2D eigenvalue weighted by Crippen LogP contribution is 2.14. The van der Waals surface area contributed by atoms with Crippen LogP contribution in [0.2, 0.25) is 0 Å². The van der Waals surface area contributed by atoms with E-state index in [1.54, 1.807) is 0 Å². The quantitative estimate of drug-likeness (QED) is 0.234. The van der Waals surface area contributed by atoms with Gasteiger partial charge in [0.2, 0.25) is 0 Å². The van der Waals surface area contributed by atoms with Crippen molar-refractivity contribution >= 4 is 0 Å². The minimum absolute atomic E-state index is 1.24. The lowest BCUT2D eigenvalue weighted by Gasteiger charge is -2.04. The van der Waals surface area contributed by atoms with Gasteiger partial charge < -0.3 is 0 Å². The average Bonchev–Trinajstić information content (AvgIpc) is 2.65. The highest BCUT2D eigenvalue weighted by molar-refractivity contribution is 5.13. The third-order valence-electron chi connectivity index (χ3n) is 5.36.